The first-order valence-corrected chi connectivity index (χ1v) is 5.78. The molecular weight excluding hydrogens is 228 g/mol. The van der Waals surface area contributed by atoms with Gasteiger partial charge in [0.25, 0.3) is 5.91 Å². The molecule has 2 N–H and O–H groups in total. The summed E-state index contributed by atoms with van der Waals surface area (Å²) in [7, 11) is 0. The van der Waals surface area contributed by atoms with Gasteiger partial charge in [0.1, 0.15) is 0 Å². The molecule has 2 rings (SSSR count). The van der Waals surface area contributed by atoms with Gasteiger partial charge in [-0.05, 0) is 30.7 Å². The molecule has 2 aromatic rings. The molecule has 1 aromatic carbocycles. The van der Waals surface area contributed by atoms with E-state index in [1.54, 1.807) is 30.3 Å². The van der Waals surface area contributed by atoms with Crippen molar-refractivity contribution in [1.29, 1.82) is 0 Å². The van der Waals surface area contributed by atoms with E-state index in [0.717, 1.165) is 5.56 Å². The largest absolute Gasteiger partial charge is 0.352 e. The van der Waals surface area contributed by atoms with Gasteiger partial charge in [-0.2, -0.15) is 0 Å². The average Bonchev–Trinajstić information content (AvgIpc) is 2.39. The summed E-state index contributed by atoms with van der Waals surface area (Å²) in [5, 5.41) is 2.74. The zero-order valence-corrected chi connectivity index (χ0v) is 10.1. The van der Waals surface area contributed by atoms with Crippen molar-refractivity contribution in [2.45, 2.75) is 6.92 Å². The molecule has 0 aliphatic carbocycles. The normalized spacial score (nSPS) is 10.1. The Balaban J connectivity index is 2.38. The van der Waals surface area contributed by atoms with Gasteiger partial charge in [-0.1, -0.05) is 18.2 Å². The maximum Gasteiger partial charge on any atom is 0.251 e. The van der Waals surface area contributed by atoms with Crippen LogP contribution in [0.2, 0.25) is 0 Å². The van der Waals surface area contributed by atoms with Crippen LogP contribution in [-0.4, -0.2) is 17.4 Å². The second-order valence-corrected chi connectivity index (χ2v) is 3.87. The number of hydrogen-bond donors (Lipinski definition) is 2. The van der Waals surface area contributed by atoms with E-state index in [1.165, 1.54) is 6.07 Å². The Bertz CT molecular complexity index is 617. The topological polar surface area (TPSA) is 62.0 Å². The van der Waals surface area contributed by atoms with Gasteiger partial charge in [0, 0.05) is 23.9 Å². The first kappa shape index (κ1) is 12.1. The number of pyridine rings is 1. The summed E-state index contributed by atoms with van der Waals surface area (Å²) < 4.78 is 0. The highest BCUT2D eigenvalue weighted by atomic mass is 16.1. The molecule has 1 aromatic heterocycles. The highest BCUT2D eigenvalue weighted by Gasteiger charge is 2.06. The van der Waals surface area contributed by atoms with Crippen molar-refractivity contribution in [3.63, 3.8) is 0 Å². The first-order chi connectivity index (χ1) is 8.70. The highest BCUT2D eigenvalue weighted by Crippen LogP contribution is 2.16. The molecule has 0 saturated carbocycles. The van der Waals surface area contributed by atoms with Crippen LogP contribution in [0.25, 0.3) is 11.3 Å². The number of nitrogens with one attached hydrogen (secondary N) is 2. The van der Waals surface area contributed by atoms with Crippen LogP contribution in [0.5, 0.6) is 0 Å². The molecule has 92 valence electrons. The summed E-state index contributed by atoms with van der Waals surface area (Å²) in [6, 6.07) is 12.1. The molecule has 0 spiro atoms. The third-order valence-electron chi connectivity index (χ3n) is 2.54. The van der Waals surface area contributed by atoms with Crippen LogP contribution >= 0.6 is 0 Å². The number of hydrogen-bond acceptors (Lipinski definition) is 2. The van der Waals surface area contributed by atoms with Crippen molar-refractivity contribution < 1.29 is 4.79 Å². The molecule has 4 heteroatoms. The lowest BCUT2D eigenvalue weighted by Crippen LogP contribution is -2.22. The quantitative estimate of drug-likeness (QED) is 0.862. The van der Waals surface area contributed by atoms with Crippen molar-refractivity contribution in [1.82, 2.24) is 10.3 Å². The third kappa shape index (κ3) is 2.66. The number of aromatic amines is 1. The number of amides is 1. The van der Waals surface area contributed by atoms with Gasteiger partial charge >= 0.3 is 0 Å². The molecule has 0 atom stereocenters. The number of rotatable bonds is 3. The Labute approximate surface area is 105 Å². The lowest BCUT2D eigenvalue weighted by molar-refractivity contribution is 0.0956. The standard InChI is InChI=1S/C14H14N2O2/c1-2-15-14(18)11-6-3-5-10(9-11)12-7-4-8-13(17)16-12/h3-9H,2H2,1H3,(H,15,18)(H,16,17). The van der Waals surface area contributed by atoms with E-state index in [2.05, 4.69) is 10.3 Å². The number of H-pyrrole nitrogens is 1. The van der Waals surface area contributed by atoms with Gasteiger partial charge in [0.05, 0.1) is 0 Å². The van der Waals surface area contributed by atoms with Gasteiger partial charge < -0.3 is 10.3 Å². The Morgan fingerprint density at radius 2 is 2.00 bits per heavy atom. The Morgan fingerprint density at radius 1 is 1.22 bits per heavy atom. The Hall–Kier alpha value is -2.36. The van der Waals surface area contributed by atoms with Gasteiger partial charge in [0.15, 0.2) is 0 Å². The van der Waals surface area contributed by atoms with Crippen LogP contribution in [0.4, 0.5) is 0 Å². The van der Waals surface area contributed by atoms with E-state index >= 15 is 0 Å². The molecule has 0 bridgehead atoms. The molecule has 0 aliphatic rings. The summed E-state index contributed by atoms with van der Waals surface area (Å²) in [5.74, 6) is -0.113. The molecule has 1 heterocycles. The van der Waals surface area contributed by atoms with Gasteiger partial charge in [-0.15, -0.1) is 0 Å². The van der Waals surface area contributed by atoms with Crippen molar-refractivity contribution in [2.24, 2.45) is 0 Å². The average molecular weight is 242 g/mol. The van der Waals surface area contributed by atoms with Crippen LogP contribution in [0.15, 0.2) is 47.3 Å². The molecule has 0 unspecified atom stereocenters. The van der Waals surface area contributed by atoms with E-state index in [0.29, 0.717) is 17.8 Å². The van der Waals surface area contributed by atoms with E-state index in [1.807, 2.05) is 13.0 Å². The van der Waals surface area contributed by atoms with Crippen molar-refractivity contribution >= 4 is 5.91 Å². The highest BCUT2D eigenvalue weighted by molar-refractivity contribution is 5.95. The molecular formula is C14H14N2O2. The Kier molecular flexibility index (Phi) is 3.57. The van der Waals surface area contributed by atoms with Crippen LogP contribution in [-0.2, 0) is 0 Å². The summed E-state index contributed by atoms with van der Waals surface area (Å²) in [4.78, 5) is 25.7. The minimum Gasteiger partial charge on any atom is -0.352 e. The molecule has 0 aliphatic heterocycles. The minimum absolute atomic E-state index is 0.113. The minimum atomic E-state index is -0.157. The monoisotopic (exact) mass is 242 g/mol. The number of aromatic nitrogens is 1. The zero-order valence-electron chi connectivity index (χ0n) is 10.1. The number of benzene rings is 1. The predicted octanol–water partition coefficient (Wildman–Crippen LogP) is 1.79. The van der Waals surface area contributed by atoms with Gasteiger partial charge in [-0.25, -0.2) is 0 Å². The zero-order chi connectivity index (χ0) is 13.0. The second kappa shape index (κ2) is 5.31. The number of carbonyl (C=O) groups excluding carboxylic acids is 1. The van der Waals surface area contributed by atoms with Crippen LogP contribution in [0.3, 0.4) is 0 Å². The van der Waals surface area contributed by atoms with E-state index in [9.17, 15) is 9.59 Å². The lowest BCUT2D eigenvalue weighted by atomic mass is 10.1. The summed E-state index contributed by atoms with van der Waals surface area (Å²) in [6.07, 6.45) is 0. The second-order valence-electron chi connectivity index (χ2n) is 3.87. The summed E-state index contributed by atoms with van der Waals surface area (Å²) in [6.45, 7) is 2.46. The molecule has 0 saturated heterocycles. The fourth-order valence-corrected chi connectivity index (χ4v) is 1.71. The number of carbonyl (C=O) groups is 1. The Morgan fingerprint density at radius 3 is 2.72 bits per heavy atom. The molecule has 0 radical (unpaired) electrons. The van der Waals surface area contributed by atoms with E-state index < -0.39 is 0 Å². The van der Waals surface area contributed by atoms with E-state index in [-0.39, 0.29) is 11.5 Å². The maximum atomic E-state index is 11.7. The SMILES string of the molecule is CCNC(=O)c1cccc(-c2cccc(=O)[nH]2)c1. The maximum absolute atomic E-state index is 11.7. The summed E-state index contributed by atoms with van der Waals surface area (Å²) in [5.41, 5.74) is 1.94. The fourth-order valence-electron chi connectivity index (χ4n) is 1.71. The van der Waals surface area contributed by atoms with E-state index in [4.69, 9.17) is 0 Å². The first-order valence-electron chi connectivity index (χ1n) is 5.78. The van der Waals surface area contributed by atoms with Crippen LogP contribution in [0, 0.1) is 0 Å². The van der Waals surface area contributed by atoms with Gasteiger partial charge in [0.2, 0.25) is 5.56 Å². The van der Waals surface area contributed by atoms with Gasteiger partial charge in [-0.3, -0.25) is 9.59 Å². The predicted molar refractivity (Wildman–Crippen MR) is 70.5 cm³/mol. The van der Waals surface area contributed by atoms with Crippen molar-refractivity contribution in [3.8, 4) is 11.3 Å². The summed E-state index contributed by atoms with van der Waals surface area (Å²) >= 11 is 0. The molecule has 4 nitrogen and oxygen atoms in total. The van der Waals surface area contributed by atoms with Crippen molar-refractivity contribution in [2.75, 3.05) is 6.54 Å². The fraction of sp³-hybridized carbons (Fsp3) is 0.143. The van der Waals surface area contributed by atoms with Crippen molar-refractivity contribution in [3.05, 3.63) is 58.4 Å². The third-order valence-corrected chi connectivity index (χ3v) is 2.54. The van der Waals surface area contributed by atoms with Crippen LogP contribution in [0.1, 0.15) is 17.3 Å². The molecule has 1 amide bonds. The molecule has 18 heavy (non-hydrogen) atoms. The molecule has 0 fully saturated rings. The smallest absolute Gasteiger partial charge is 0.251 e. The lowest BCUT2D eigenvalue weighted by Gasteiger charge is -2.05. The van der Waals surface area contributed by atoms with Crippen LogP contribution < -0.4 is 10.9 Å².